The third kappa shape index (κ3) is 5.99. The third-order valence-electron chi connectivity index (χ3n) is 6.37. The SMILES string of the molecule is NC1CCCCC1Nc1nc(C=Cc2ccc(Cl)cc2)nc2ccc(OCc3ccccc3)cc12. The lowest BCUT2D eigenvalue weighted by atomic mass is 9.91. The van der Waals surface area contributed by atoms with E-state index in [1.807, 2.05) is 72.8 Å². The maximum atomic E-state index is 6.44. The molecule has 6 heteroatoms. The van der Waals surface area contributed by atoms with E-state index in [1.165, 1.54) is 12.8 Å². The Balaban J connectivity index is 1.46. The summed E-state index contributed by atoms with van der Waals surface area (Å²) in [5.74, 6) is 2.21. The van der Waals surface area contributed by atoms with Crippen molar-refractivity contribution in [2.24, 2.45) is 5.73 Å². The Morgan fingerprint density at radius 2 is 1.74 bits per heavy atom. The molecule has 0 bridgehead atoms. The van der Waals surface area contributed by atoms with Crippen LogP contribution in [0.4, 0.5) is 5.82 Å². The summed E-state index contributed by atoms with van der Waals surface area (Å²) in [6.07, 6.45) is 8.32. The van der Waals surface area contributed by atoms with Gasteiger partial charge in [-0.15, -0.1) is 0 Å². The van der Waals surface area contributed by atoms with Gasteiger partial charge in [0.1, 0.15) is 18.2 Å². The molecule has 35 heavy (non-hydrogen) atoms. The lowest BCUT2D eigenvalue weighted by Gasteiger charge is -2.30. The standard InChI is InChI=1S/C29H29ClN4O/c30-22-13-10-20(11-14-22)12-17-28-32-26-16-15-23(35-19-21-6-2-1-3-7-21)18-24(26)29(34-28)33-27-9-5-4-8-25(27)31/h1-3,6-7,10-18,25,27H,4-5,8-9,19,31H2,(H,32,33,34). The monoisotopic (exact) mass is 484 g/mol. The van der Waals surface area contributed by atoms with E-state index in [-0.39, 0.29) is 12.1 Å². The first kappa shape index (κ1) is 23.3. The van der Waals surface area contributed by atoms with E-state index < -0.39 is 0 Å². The number of rotatable bonds is 7. The van der Waals surface area contributed by atoms with Crippen molar-refractivity contribution in [2.45, 2.75) is 44.4 Å². The summed E-state index contributed by atoms with van der Waals surface area (Å²) < 4.78 is 6.08. The van der Waals surface area contributed by atoms with Crippen molar-refractivity contribution in [3.8, 4) is 5.75 Å². The fourth-order valence-electron chi connectivity index (χ4n) is 4.40. The second-order valence-corrected chi connectivity index (χ2v) is 9.40. The maximum Gasteiger partial charge on any atom is 0.154 e. The summed E-state index contributed by atoms with van der Waals surface area (Å²) >= 11 is 6.01. The van der Waals surface area contributed by atoms with Crippen LogP contribution < -0.4 is 15.8 Å². The molecule has 0 amide bonds. The summed E-state index contributed by atoms with van der Waals surface area (Å²) in [4.78, 5) is 9.66. The summed E-state index contributed by atoms with van der Waals surface area (Å²) in [5, 5.41) is 5.28. The fraction of sp³-hybridized carbons (Fsp3) is 0.241. The summed E-state index contributed by atoms with van der Waals surface area (Å²) in [6.45, 7) is 0.505. The van der Waals surface area contributed by atoms with Crippen LogP contribution in [0.15, 0.2) is 72.8 Å². The minimum Gasteiger partial charge on any atom is -0.489 e. The lowest BCUT2D eigenvalue weighted by Crippen LogP contribution is -2.42. The number of hydrogen-bond donors (Lipinski definition) is 2. The van der Waals surface area contributed by atoms with E-state index in [1.54, 1.807) is 0 Å². The molecule has 1 heterocycles. The molecule has 3 N–H and O–H groups in total. The van der Waals surface area contributed by atoms with Crippen LogP contribution in [0.3, 0.4) is 0 Å². The smallest absolute Gasteiger partial charge is 0.154 e. The Bertz CT molecular complexity index is 1310. The molecule has 5 rings (SSSR count). The zero-order valence-electron chi connectivity index (χ0n) is 19.5. The van der Waals surface area contributed by atoms with Gasteiger partial charge >= 0.3 is 0 Å². The number of fused-ring (bicyclic) bond motifs is 1. The summed E-state index contributed by atoms with van der Waals surface area (Å²) in [7, 11) is 0. The van der Waals surface area contributed by atoms with Gasteiger partial charge in [-0.05, 0) is 60.4 Å². The Morgan fingerprint density at radius 3 is 2.54 bits per heavy atom. The highest BCUT2D eigenvalue weighted by atomic mass is 35.5. The molecule has 0 radical (unpaired) electrons. The predicted octanol–water partition coefficient (Wildman–Crippen LogP) is 6.71. The Labute approximate surface area is 211 Å². The number of ether oxygens (including phenoxy) is 1. The van der Waals surface area contributed by atoms with Gasteiger partial charge in [0.25, 0.3) is 0 Å². The van der Waals surface area contributed by atoms with Crippen LogP contribution in [0.2, 0.25) is 5.02 Å². The first-order valence-electron chi connectivity index (χ1n) is 12.1. The van der Waals surface area contributed by atoms with E-state index >= 15 is 0 Å². The zero-order valence-corrected chi connectivity index (χ0v) is 20.3. The van der Waals surface area contributed by atoms with Gasteiger partial charge in [-0.25, -0.2) is 9.97 Å². The van der Waals surface area contributed by atoms with E-state index in [4.69, 9.17) is 32.0 Å². The van der Waals surface area contributed by atoms with E-state index in [2.05, 4.69) is 17.4 Å². The number of benzene rings is 3. The van der Waals surface area contributed by atoms with Crippen molar-refractivity contribution in [3.63, 3.8) is 0 Å². The molecule has 1 aliphatic carbocycles. The average Bonchev–Trinajstić information content (AvgIpc) is 2.89. The van der Waals surface area contributed by atoms with Crippen LogP contribution in [0, 0.1) is 0 Å². The Hall–Kier alpha value is -3.41. The van der Waals surface area contributed by atoms with E-state index in [9.17, 15) is 0 Å². The molecule has 1 aromatic heterocycles. The molecular formula is C29H29ClN4O. The minimum atomic E-state index is 0.110. The van der Waals surface area contributed by atoms with Crippen LogP contribution in [-0.2, 0) is 6.61 Å². The van der Waals surface area contributed by atoms with Crippen LogP contribution in [0.5, 0.6) is 5.75 Å². The quantitative estimate of drug-likeness (QED) is 0.305. The number of hydrogen-bond acceptors (Lipinski definition) is 5. The Morgan fingerprint density at radius 1 is 0.943 bits per heavy atom. The molecule has 1 fully saturated rings. The molecular weight excluding hydrogens is 456 g/mol. The van der Waals surface area contributed by atoms with Gasteiger partial charge in [0, 0.05) is 22.5 Å². The van der Waals surface area contributed by atoms with Crippen molar-refractivity contribution in [1.29, 1.82) is 0 Å². The fourth-order valence-corrected chi connectivity index (χ4v) is 4.53. The number of anilines is 1. The van der Waals surface area contributed by atoms with Gasteiger partial charge in [0.2, 0.25) is 0 Å². The topological polar surface area (TPSA) is 73.1 Å². The van der Waals surface area contributed by atoms with Crippen molar-refractivity contribution in [3.05, 3.63) is 94.8 Å². The van der Waals surface area contributed by atoms with Crippen molar-refractivity contribution < 1.29 is 4.74 Å². The van der Waals surface area contributed by atoms with Gasteiger partial charge in [0.15, 0.2) is 5.82 Å². The molecule has 2 atom stereocenters. The maximum absolute atomic E-state index is 6.44. The molecule has 0 spiro atoms. The van der Waals surface area contributed by atoms with Gasteiger partial charge in [0.05, 0.1) is 5.52 Å². The number of halogens is 1. The van der Waals surface area contributed by atoms with Gasteiger partial charge in [-0.3, -0.25) is 0 Å². The molecule has 1 saturated carbocycles. The van der Waals surface area contributed by atoms with Gasteiger partial charge in [-0.2, -0.15) is 0 Å². The Kier molecular flexibility index (Phi) is 7.26. The van der Waals surface area contributed by atoms with Gasteiger partial charge in [-0.1, -0.05) is 73.0 Å². The molecule has 2 unspecified atom stereocenters. The molecule has 178 valence electrons. The lowest BCUT2D eigenvalue weighted by molar-refractivity contribution is 0.306. The number of aromatic nitrogens is 2. The average molecular weight is 485 g/mol. The molecule has 0 saturated heterocycles. The predicted molar refractivity (Wildman–Crippen MR) is 145 cm³/mol. The zero-order chi connectivity index (χ0) is 24.0. The van der Waals surface area contributed by atoms with Crippen LogP contribution in [0.25, 0.3) is 23.1 Å². The van der Waals surface area contributed by atoms with Crippen molar-refractivity contribution >= 4 is 40.5 Å². The van der Waals surface area contributed by atoms with E-state index in [0.29, 0.717) is 17.5 Å². The number of nitrogens with zero attached hydrogens (tertiary/aromatic N) is 2. The summed E-state index contributed by atoms with van der Waals surface area (Å²) in [6, 6.07) is 24.1. The molecule has 3 aromatic carbocycles. The summed E-state index contributed by atoms with van der Waals surface area (Å²) in [5.41, 5.74) is 9.46. The largest absolute Gasteiger partial charge is 0.489 e. The van der Waals surface area contributed by atoms with Crippen LogP contribution in [-0.4, -0.2) is 22.1 Å². The number of nitrogens with one attached hydrogen (secondary N) is 1. The second kappa shape index (κ2) is 10.9. The van der Waals surface area contributed by atoms with Crippen molar-refractivity contribution in [1.82, 2.24) is 9.97 Å². The normalized spacial score (nSPS) is 18.1. The van der Waals surface area contributed by atoms with Crippen LogP contribution in [0.1, 0.15) is 42.6 Å². The minimum absolute atomic E-state index is 0.110. The highest BCUT2D eigenvalue weighted by Gasteiger charge is 2.23. The third-order valence-corrected chi connectivity index (χ3v) is 6.62. The highest BCUT2D eigenvalue weighted by molar-refractivity contribution is 6.30. The molecule has 0 aliphatic heterocycles. The first-order valence-corrected chi connectivity index (χ1v) is 12.5. The number of nitrogens with two attached hydrogens (primary N) is 1. The van der Waals surface area contributed by atoms with Crippen LogP contribution >= 0.6 is 11.6 Å². The molecule has 4 aromatic rings. The highest BCUT2D eigenvalue weighted by Crippen LogP contribution is 2.29. The second-order valence-electron chi connectivity index (χ2n) is 8.97. The molecule has 5 nitrogen and oxygen atoms in total. The van der Waals surface area contributed by atoms with E-state index in [0.717, 1.165) is 46.4 Å². The van der Waals surface area contributed by atoms with Gasteiger partial charge < -0.3 is 15.8 Å². The molecule has 1 aliphatic rings. The first-order chi connectivity index (χ1) is 17.1. The van der Waals surface area contributed by atoms with Crippen molar-refractivity contribution in [2.75, 3.05) is 5.32 Å².